The Morgan fingerprint density at radius 3 is 2.64 bits per heavy atom. The molecule has 2 N–H and O–H groups in total. The number of rotatable bonds is 6. The van der Waals surface area contributed by atoms with Gasteiger partial charge in [-0.15, -0.1) is 0 Å². The molecular weight excluding hydrogens is 274 g/mol. The molecule has 3 nitrogen and oxygen atoms in total. The van der Waals surface area contributed by atoms with E-state index >= 15 is 0 Å². The van der Waals surface area contributed by atoms with Gasteiger partial charge in [-0.1, -0.05) is 49.4 Å². The van der Waals surface area contributed by atoms with E-state index in [0.717, 1.165) is 17.5 Å². The normalized spacial score (nSPS) is 12.0. The third-order valence-corrected chi connectivity index (χ3v) is 3.72. The first-order valence-electron chi connectivity index (χ1n) is 7.75. The zero-order valence-corrected chi connectivity index (χ0v) is 13.2. The van der Waals surface area contributed by atoms with E-state index in [1.54, 1.807) is 6.92 Å². The summed E-state index contributed by atoms with van der Waals surface area (Å²) >= 11 is 0. The Morgan fingerprint density at radius 2 is 1.91 bits per heavy atom. The van der Waals surface area contributed by atoms with Crippen molar-refractivity contribution in [2.75, 3.05) is 6.61 Å². The first kappa shape index (κ1) is 16.2. The minimum atomic E-state index is -0.340. The quantitative estimate of drug-likeness (QED) is 0.823. The summed E-state index contributed by atoms with van der Waals surface area (Å²) in [5, 5.41) is 0. The lowest BCUT2D eigenvalue weighted by Gasteiger charge is -2.14. The van der Waals surface area contributed by atoms with Crippen molar-refractivity contribution in [3.05, 3.63) is 59.7 Å². The molecule has 2 aromatic rings. The smallest absolute Gasteiger partial charge is 0.307 e. The van der Waals surface area contributed by atoms with Crippen LogP contribution < -0.4 is 5.73 Å². The van der Waals surface area contributed by atoms with Crippen molar-refractivity contribution in [1.82, 2.24) is 0 Å². The highest BCUT2D eigenvalue weighted by Crippen LogP contribution is 2.27. The van der Waals surface area contributed by atoms with Gasteiger partial charge in [0.15, 0.2) is 0 Å². The molecule has 22 heavy (non-hydrogen) atoms. The van der Waals surface area contributed by atoms with Gasteiger partial charge in [-0.05, 0) is 41.7 Å². The average molecular weight is 297 g/mol. The van der Waals surface area contributed by atoms with Crippen LogP contribution in [0.2, 0.25) is 0 Å². The summed E-state index contributed by atoms with van der Waals surface area (Å²) in [5.41, 5.74) is 10.8. The van der Waals surface area contributed by atoms with Crippen molar-refractivity contribution in [1.29, 1.82) is 0 Å². The average Bonchev–Trinajstić information content (AvgIpc) is 2.55. The lowest BCUT2D eigenvalue weighted by Crippen LogP contribution is -2.17. The molecule has 0 spiro atoms. The molecule has 0 aliphatic rings. The van der Waals surface area contributed by atoms with E-state index in [0.29, 0.717) is 6.61 Å². The van der Waals surface area contributed by atoms with Crippen molar-refractivity contribution < 1.29 is 9.53 Å². The van der Waals surface area contributed by atoms with Crippen LogP contribution in [-0.4, -0.2) is 12.6 Å². The lowest BCUT2D eigenvalue weighted by molar-refractivity contribution is -0.143. The standard InChI is InChI=1S/C19H23NO2/c1-3-14-8-5-6-11-17(14)15-9-7-10-16(12-15)18(20)13-19(21)22-4-2/h5-12,18H,3-4,13,20H2,1-2H3. The van der Waals surface area contributed by atoms with Gasteiger partial charge in [0, 0.05) is 6.04 Å². The van der Waals surface area contributed by atoms with Gasteiger partial charge in [0.1, 0.15) is 0 Å². The maximum absolute atomic E-state index is 11.6. The largest absolute Gasteiger partial charge is 0.466 e. The Labute approximate surface area is 132 Å². The molecule has 0 aliphatic carbocycles. The van der Waals surface area contributed by atoms with Gasteiger partial charge in [0.25, 0.3) is 0 Å². The number of nitrogens with two attached hydrogens (primary N) is 1. The number of hydrogen-bond donors (Lipinski definition) is 1. The molecule has 1 unspecified atom stereocenters. The molecule has 0 bridgehead atoms. The van der Waals surface area contributed by atoms with Gasteiger partial charge in [-0.3, -0.25) is 4.79 Å². The van der Waals surface area contributed by atoms with E-state index in [2.05, 4.69) is 37.3 Å². The summed E-state index contributed by atoms with van der Waals surface area (Å²) in [7, 11) is 0. The zero-order valence-electron chi connectivity index (χ0n) is 13.2. The number of esters is 1. The van der Waals surface area contributed by atoms with Gasteiger partial charge < -0.3 is 10.5 Å². The molecule has 0 saturated heterocycles. The van der Waals surface area contributed by atoms with Crippen molar-refractivity contribution in [2.24, 2.45) is 5.73 Å². The topological polar surface area (TPSA) is 52.3 Å². The predicted octanol–water partition coefficient (Wildman–Crippen LogP) is 3.87. The highest BCUT2D eigenvalue weighted by atomic mass is 16.5. The Hall–Kier alpha value is -2.13. The van der Waals surface area contributed by atoms with Crippen molar-refractivity contribution in [3.8, 4) is 11.1 Å². The molecule has 0 heterocycles. The second-order valence-corrected chi connectivity index (χ2v) is 5.25. The summed E-state index contributed by atoms with van der Waals surface area (Å²) in [4.78, 5) is 11.6. The number of carbonyl (C=O) groups excluding carboxylic acids is 1. The van der Waals surface area contributed by atoms with Gasteiger partial charge in [0.05, 0.1) is 13.0 Å². The molecule has 0 saturated carbocycles. The summed E-state index contributed by atoms with van der Waals surface area (Å²) in [6, 6.07) is 16.1. The van der Waals surface area contributed by atoms with Crippen LogP contribution >= 0.6 is 0 Å². The van der Waals surface area contributed by atoms with E-state index < -0.39 is 0 Å². The fraction of sp³-hybridized carbons (Fsp3) is 0.316. The number of aryl methyl sites for hydroxylation is 1. The van der Waals surface area contributed by atoms with E-state index in [1.807, 2.05) is 18.2 Å². The van der Waals surface area contributed by atoms with Crippen LogP contribution in [0.1, 0.15) is 37.4 Å². The third-order valence-electron chi connectivity index (χ3n) is 3.72. The lowest BCUT2D eigenvalue weighted by atomic mass is 9.94. The second kappa shape index (κ2) is 7.76. The SMILES string of the molecule is CCOC(=O)CC(N)c1cccc(-c2ccccc2CC)c1. The van der Waals surface area contributed by atoms with E-state index in [1.165, 1.54) is 11.1 Å². The zero-order chi connectivity index (χ0) is 15.9. The second-order valence-electron chi connectivity index (χ2n) is 5.25. The molecule has 3 heteroatoms. The summed E-state index contributed by atoms with van der Waals surface area (Å²) in [5.74, 6) is -0.255. The molecule has 116 valence electrons. The molecule has 0 amide bonds. The van der Waals surface area contributed by atoms with Crippen LogP contribution in [0, 0.1) is 0 Å². The molecular formula is C19H23NO2. The summed E-state index contributed by atoms with van der Waals surface area (Å²) in [6.07, 6.45) is 1.18. The molecule has 0 fully saturated rings. The number of benzene rings is 2. The molecule has 1 atom stereocenters. The molecule has 0 radical (unpaired) electrons. The number of ether oxygens (including phenoxy) is 1. The minimum absolute atomic E-state index is 0.201. The van der Waals surface area contributed by atoms with Gasteiger partial charge >= 0.3 is 5.97 Å². The molecule has 0 aromatic heterocycles. The van der Waals surface area contributed by atoms with E-state index in [9.17, 15) is 4.79 Å². The highest BCUT2D eigenvalue weighted by Gasteiger charge is 2.13. The molecule has 0 aliphatic heterocycles. The fourth-order valence-electron chi connectivity index (χ4n) is 2.56. The number of carbonyl (C=O) groups is 1. The van der Waals surface area contributed by atoms with Gasteiger partial charge in [-0.25, -0.2) is 0 Å². The maximum atomic E-state index is 11.6. The Bertz CT molecular complexity index is 637. The van der Waals surface area contributed by atoms with Crippen LogP contribution in [0.3, 0.4) is 0 Å². The maximum Gasteiger partial charge on any atom is 0.307 e. The van der Waals surface area contributed by atoms with Crippen LogP contribution in [0.5, 0.6) is 0 Å². The molecule has 2 aromatic carbocycles. The molecule has 2 rings (SSSR count). The Kier molecular flexibility index (Phi) is 5.73. The van der Waals surface area contributed by atoms with Crippen molar-refractivity contribution >= 4 is 5.97 Å². The predicted molar refractivity (Wildman–Crippen MR) is 89.4 cm³/mol. The minimum Gasteiger partial charge on any atom is -0.466 e. The Balaban J connectivity index is 2.24. The van der Waals surface area contributed by atoms with Gasteiger partial charge in [0.2, 0.25) is 0 Å². The van der Waals surface area contributed by atoms with Crippen LogP contribution in [0.25, 0.3) is 11.1 Å². The third kappa shape index (κ3) is 3.95. The van der Waals surface area contributed by atoms with E-state index in [4.69, 9.17) is 10.5 Å². The fourth-order valence-corrected chi connectivity index (χ4v) is 2.56. The summed E-state index contributed by atoms with van der Waals surface area (Å²) < 4.78 is 4.97. The van der Waals surface area contributed by atoms with Crippen molar-refractivity contribution in [2.45, 2.75) is 32.7 Å². The first-order chi connectivity index (χ1) is 10.7. The van der Waals surface area contributed by atoms with E-state index in [-0.39, 0.29) is 18.4 Å². The monoisotopic (exact) mass is 297 g/mol. The van der Waals surface area contributed by atoms with Gasteiger partial charge in [-0.2, -0.15) is 0 Å². The number of hydrogen-bond acceptors (Lipinski definition) is 3. The first-order valence-corrected chi connectivity index (χ1v) is 7.75. The Morgan fingerprint density at radius 1 is 1.14 bits per heavy atom. The van der Waals surface area contributed by atoms with Crippen LogP contribution in [0.15, 0.2) is 48.5 Å². The summed E-state index contributed by atoms with van der Waals surface area (Å²) in [6.45, 7) is 4.33. The van der Waals surface area contributed by atoms with Crippen LogP contribution in [0.4, 0.5) is 0 Å². The van der Waals surface area contributed by atoms with Crippen molar-refractivity contribution in [3.63, 3.8) is 0 Å². The highest BCUT2D eigenvalue weighted by molar-refractivity contribution is 5.71. The van der Waals surface area contributed by atoms with Crippen LogP contribution in [-0.2, 0) is 16.0 Å².